The zero-order chi connectivity index (χ0) is 10.2. The predicted molar refractivity (Wildman–Crippen MR) is 57.5 cm³/mol. The number of hydrogen-bond donors (Lipinski definition) is 2. The van der Waals surface area contributed by atoms with Crippen molar-refractivity contribution in [1.29, 1.82) is 0 Å². The molecule has 0 amide bonds. The lowest BCUT2D eigenvalue weighted by atomic mass is 10.3. The molecule has 2 N–H and O–H groups in total. The minimum absolute atomic E-state index is 0.256. The molecule has 0 radical (unpaired) electrons. The lowest BCUT2D eigenvalue weighted by molar-refractivity contribution is 0.149. The van der Waals surface area contributed by atoms with Gasteiger partial charge >= 0.3 is 0 Å². The van der Waals surface area contributed by atoms with E-state index < -0.39 is 0 Å². The Balaban J connectivity index is 2.21. The van der Waals surface area contributed by atoms with Gasteiger partial charge in [-0.05, 0) is 18.6 Å². The normalized spacial score (nSPS) is 10.1. The van der Waals surface area contributed by atoms with Crippen LogP contribution >= 0.6 is 0 Å². The lowest BCUT2D eigenvalue weighted by Crippen LogP contribution is -2.06. The number of rotatable bonds is 6. The van der Waals surface area contributed by atoms with E-state index in [9.17, 15) is 5.11 Å². The van der Waals surface area contributed by atoms with Gasteiger partial charge in [0.2, 0.25) is 0 Å². The van der Waals surface area contributed by atoms with Crippen LogP contribution in [0.5, 0.6) is 5.75 Å². The molecule has 0 fully saturated rings. The van der Waals surface area contributed by atoms with Crippen molar-refractivity contribution >= 4 is 5.69 Å². The summed E-state index contributed by atoms with van der Waals surface area (Å²) in [7, 11) is 0. The summed E-state index contributed by atoms with van der Waals surface area (Å²) in [5, 5.41) is 12.4. The number of nitrogens with one attached hydrogen (secondary N) is 1. The Labute approximate surface area is 84.7 Å². The van der Waals surface area contributed by atoms with E-state index in [1.807, 2.05) is 12.1 Å². The number of aromatic hydroxyl groups is 1. The van der Waals surface area contributed by atoms with Crippen molar-refractivity contribution in [2.24, 2.45) is 0 Å². The van der Waals surface area contributed by atoms with Crippen LogP contribution in [0.15, 0.2) is 24.3 Å². The standard InChI is InChI=1S/C11H17NO2/c1-2-3-8-14-9-12-10-6-4-5-7-11(10)13/h4-7,12-13H,2-3,8-9H2,1H3. The van der Waals surface area contributed by atoms with Crippen LogP contribution in [-0.4, -0.2) is 18.4 Å². The highest BCUT2D eigenvalue weighted by Gasteiger charge is 1.96. The minimum atomic E-state index is 0.256. The zero-order valence-electron chi connectivity index (χ0n) is 8.49. The van der Waals surface area contributed by atoms with Gasteiger partial charge in [-0.3, -0.25) is 0 Å². The van der Waals surface area contributed by atoms with E-state index in [0.29, 0.717) is 12.4 Å². The molecule has 0 atom stereocenters. The molecule has 0 saturated heterocycles. The second-order valence-electron chi connectivity index (χ2n) is 3.10. The average Bonchev–Trinajstić information content (AvgIpc) is 2.20. The first-order chi connectivity index (χ1) is 6.84. The van der Waals surface area contributed by atoms with E-state index in [4.69, 9.17) is 4.74 Å². The van der Waals surface area contributed by atoms with Crippen LogP contribution in [0.3, 0.4) is 0 Å². The molecular formula is C11H17NO2. The van der Waals surface area contributed by atoms with Crippen LogP contribution < -0.4 is 5.32 Å². The van der Waals surface area contributed by atoms with Crippen molar-refractivity contribution in [3.8, 4) is 5.75 Å². The molecule has 0 saturated carbocycles. The Hall–Kier alpha value is -1.22. The summed E-state index contributed by atoms with van der Waals surface area (Å²) in [4.78, 5) is 0. The molecule has 3 nitrogen and oxygen atoms in total. The fourth-order valence-corrected chi connectivity index (χ4v) is 1.07. The highest BCUT2D eigenvalue weighted by Crippen LogP contribution is 2.20. The van der Waals surface area contributed by atoms with Gasteiger partial charge in [-0.25, -0.2) is 0 Å². The Kier molecular flexibility index (Phi) is 4.86. The Morgan fingerprint density at radius 2 is 2.14 bits per heavy atom. The summed E-state index contributed by atoms with van der Waals surface area (Å²) in [6.07, 6.45) is 2.21. The summed E-state index contributed by atoms with van der Waals surface area (Å²) < 4.78 is 5.31. The first kappa shape index (κ1) is 10.9. The van der Waals surface area contributed by atoms with Crippen molar-refractivity contribution in [3.05, 3.63) is 24.3 Å². The fourth-order valence-electron chi connectivity index (χ4n) is 1.07. The minimum Gasteiger partial charge on any atom is -0.506 e. The van der Waals surface area contributed by atoms with Gasteiger partial charge in [-0.15, -0.1) is 0 Å². The molecule has 0 unspecified atom stereocenters. The molecule has 78 valence electrons. The van der Waals surface area contributed by atoms with Crippen LogP contribution in [0.1, 0.15) is 19.8 Å². The summed E-state index contributed by atoms with van der Waals surface area (Å²) in [5.74, 6) is 0.256. The van der Waals surface area contributed by atoms with Gasteiger partial charge in [-0.1, -0.05) is 25.5 Å². The maximum Gasteiger partial charge on any atom is 0.138 e. The van der Waals surface area contributed by atoms with Gasteiger partial charge in [0.15, 0.2) is 0 Å². The number of unbranched alkanes of at least 4 members (excludes halogenated alkanes) is 1. The second-order valence-corrected chi connectivity index (χ2v) is 3.10. The first-order valence-electron chi connectivity index (χ1n) is 4.94. The van der Waals surface area contributed by atoms with E-state index in [0.717, 1.165) is 19.4 Å². The maximum atomic E-state index is 9.40. The van der Waals surface area contributed by atoms with Gasteiger partial charge in [0.05, 0.1) is 5.69 Å². The lowest BCUT2D eigenvalue weighted by Gasteiger charge is -2.08. The topological polar surface area (TPSA) is 41.5 Å². The number of ether oxygens (including phenoxy) is 1. The Morgan fingerprint density at radius 1 is 1.36 bits per heavy atom. The van der Waals surface area contributed by atoms with Crippen LogP contribution in [0.4, 0.5) is 5.69 Å². The van der Waals surface area contributed by atoms with Crippen molar-refractivity contribution < 1.29 is 9.84 Å². The molecule has 0 aliphatic heterocycles. The first-order valence-corrected chi connectivity index (χ1v) is 4.94. The number of hydrogen-bond acceptors (Lipinski definition) is 3. The average molecular weight is 195 g/mol. The van der Waals surface area contributed by atoms with Gasteiger partial charge in [0, 0.05) is 6.61 Å². The highest BCUT2D eigenvalue weighted by molar-refractivity contribution is 5.54. The fraction of sp³-hybridized carbons (Fsp3) is 0.455. The third-order valence-corrected chi connectivity index (χ3v) is 1.91. The molecule has 0 aliphatic carbocycles. The molecular weight excluding hydrogens is 178 g/mol. The van der Waals surface area contributed by atoms with Crippen LogP contribution in [0, 0.1) is 0 Å². The van der Waals surface area contributed by atoms with Crippen molar-refractivity contribution in [2.75, 3.05) is 18.7 Å². The summed E-state index contributed by atoms with van der Waals surface area (Å²) in [6.45, 7) is 3.33. The second kappa shape index (κ2) is 6.27. The van der Waals surface area contributed by atoms with E-state index in [-0.39, 0.29) is 5.75 Å². The number of phenolic OH excluding ortho intramolecular Hbond substituents is 1. The van der Waals surface area contributed by atoms with E-state index >= 15 is 0 Å². The summed E-state index contributed by atoms with van der Waals surface area (Å²) >= 11 is 0. The number of phenols is 1. The number of benzene rings is 1. The molecule has 0 spiro atoms. The van der Waals surface area contributed by atoms with Gasteiger partial charge in [0.25, 0.3) is 0 Å². The number of para-hydroxylation sites is 2. The SMILES string of the molecule is CCCCOCNc1ccccc1O. The van der Waals surface area contributed by atoms with E-state index in [1.54, 1.807) is 12.1 Å². The predicted octanol–water partition coefficient (Wildman–Crippen LogP) is 2.58. The molecule has 1 aromatic rings. The number of anilines is 1. The monoisotopic (exact) mass is 195 g/mol. The highest BCUT2D eigenvalue weighted by atomic mass is 16.5. The maximum absolute atomic E-state index is 9.40. The van der Waals surface area contributed by atoms with Crippen LogP contribution in [0.25, 0.3) is 0 Å². The smallest absolute Gasteiger partial charge is 0.138 e. The van der Waals surface area contributed by atoms with Gasteiger partial charge < -0.3 is 15.2 Å². The third-order valence-electron chi connectivity index (χ3n) is 1.91. The molecule has 0 aliphatic rings. The van der Waals surface area contributed by atoms with Gasteiger partial charge in [-0.2, -0.15) is 0 Å². The summed E-state index contributed by atoms with van der Waals surface area (Å²) in [6, 6.07) is 7.12. The van der Waals surface area contributed by atoms with Crippen LogP contribution in [-0.2, 0) is 4.74 Å². The third kappa shape index (κ3) is 3.66. The molecule has 3 heteroatoms. The molecule has 0 aromatic heterocycles. The Morgan fingerprint density at radius 3 is 2.86 bits per heavy atom. The van der Waals surface area contributed by atoms with E-state index in [1.165, 1.54) is 0 Å². The Bertz CT molecular complexity index is 263. The van der Waals surface area contributed by atoms with Crippen molar-refractivity contribution in [3.63, 3.8) is 0 Å². The zero-order valence-corrected chi connectivity index (χ0v) is 8.49. The molecule has 14 heavy (non-hydrogen) atoms. The molecule has 1 aromatic carbocycles. The largest absolute Gasteiger partial charge is 0.506 e. The van der Waals surface area contributed by atoms with Gasteiger partial charge in [0.1, 0.15) is 12.5 Å². The quantitative estimate of drug-likeness (QED) is 0.416. The summed E-state index contributed by atoms with van der Waals surface area (Å²) in [5.41, 5.74) is 0.712. The van der Waals surface area contributed by atoms with Crippen molar-refractivity contribution in [1.82, 2.24) is 0 Å². The molecule has 0 heterocycles. The molecule has 0 bridgehead atoms. The van der Waals surface area contributed by atoms with Crippen LogP contribution in [0.2, 0.25) is 0 Å². The molecule has 1 rings (SSSR count). The van der Waals surface area contributed by atoms with Crippen molar-refractivity contribution in [2.45, 2.75) is 19.8 Å². The van der Waals surface area contributed by atoms with E-state index in [2.05, 4.69) is 12.2 Å².